The number of hydrogen-bond acceptors (Lipinski definition) is 4. The molecule has 0 aromatic heterocycles. The lowest BCUT2D eigenvalue weighted by Gasteiger charge is -2.40. The van der Waals surface area contributed by atoms with Gasteiger partial charge in [-0.1, -0.05) is 26.0 Å². The number of carboxylic acids is 1. The standard InChI is InChI=1S/C24H36N4O4/c1-15(2)13-19(23(32)28-11-9-16(10-12-28)14-20(29)30)24(3,4)27-22(31)18-7-5-17(6-8-18)21(25)26/h5-8,15-16,19H,9-14H2,1-4H3,(H3,25,26)(H,27,31)(H,29,30). The largest absolute Gasteiger partial charge is 0.481 e. The third-order valence-electron chi connectivity index (χ3n) is 6.16. The first-order valence-electron chi connectivity index (χ1n) is 11.2. The molecule has 0 saturated carbocycles. The molecule has 8 nitrogen and oxygen atoms in total. The Bertz CT molecular complexity index is 840. The Morgan fingerprint density at radius 2 is 1.69 bits per heavy atom. The molecule has 2 amide bonds. The highest BCUT2D eigenvalue weighted by molar-refractivity contribution is 5.98. The Morgan fingerprint density at radius 3 is 2.16 bits per heavy atom. The summed E-state index contributed by atoms with van der Waals surface area (Å²) in [5.41, 5.74) is 5.67. The van der Waals surface area contributed by atoms with Crippen molar-refractivity contribution in [3.63, 3.8) is 0 Å². The number of carbonyl (C=O) groups is 3. The van der Waals surface area contributed by atoms with Gasteiger partial charge < -0.3 is 21.1 Å². The lowest BCUT2D eigenvalue weighted by atomic mass is 9.79. The summed E-state index contributed by atoms with van der Waals surface area (Å²) in [6, 6.07) is 6.49. The number of likely N-dealkylation sites (tertiary alicyclic amines) is 1. The molecule has 1 aliphatic heterocycles. The molecule has 32 heavy (non-hydrogen) atoms. The van der Waals surface area contributed by atoms with Gasteiger partial charge in [0.15, 0.2) is 0 Å². The van der Waals surface area contributed by atoms with E-state index in [1.807, 2.05) is 18.7 Å². The van der Waals surface area contributed by atoms with Crippen LogP contribution in [0.5, 0.6) is 0 Å². The van der Waals surface area contributed by atoms with E-state index in [1.54, 1.807) is 24.3 Å². The highest BCUT2D eigenvalue weighted by atomic mass is 16.4. The summed E-state index contributed by atoms with van der Waals surface area (Å²) < 4.78 is 0. The number of amides is 2. The predicted molar refractivity (Wildman–Crippen MR) is 124 cm³/mol. The molecule has 0 bridgehead atoms. The lowest BCUT2D eigenvalue weighted by molar-refractivity contribution is -0.141. The zero-order chi connectivity index (χ0) is 24.1. The van der Waals surface area contributed by atoms with Crippen molar-refractivity contribution in [2.24, 2.45) is 23.5 Å². The van der Waals surface area contributed by atoms with Crippen molar-refractivity contribution in [1.82, 2.24) is 10.2 Å². The summed E-state index contributed by atoms with van der Waals surface area (Å²) in [4.78, 5) is 39.2. The minimum absolute atomic E-state index is 0.00435. The number of aliphatic carboxylic acids is 1. The van der Waals surface area contributed by atoms with Gasteiger partial charge in [-0.05, 0) is 57.1 Å². The second-order valence-electron chi connectivity index (χ2n) is 9.72. The molecule has 2 rings (SSSR count). The molecule has 8 heteroatoms. The number of hydrogen-bond donors (Lipinski definition) is 4. The molecule has 1 aromatic rings. The number of piperidine rings is 1. The first kappa shape index (κ1) is 25.4. The summed E-state index contributed by atoms with van der Waals surface area (Å²) >= 11 is 0. The number of nitrogen functional groups attached to an aromatic ring is 1. The van der Waals surface area contributed by atoms with Gasteiger partial charge in [-0.15, -0.1) is 0 Å². The van der Waals surface area contributed by atoms with Crippen LogP contribution >= 0.6 is 0 Å². The maximum absolute atomic E-state index is 13.5. The quantitative estimate of drug-likeness (QED) is 0.343. The van der Waals surface area contributed by atoms with Crippen molar-refractivity contribution in [1.29, 1.82) is 5.41 Å². The van der Waals surface area contributed by atoms with Gasteiger partial charge >= 0.3 is 5.97 Å². The smallest absolute Gasteiger partial charge is 0.303 e. The number of nitrogens with zero attached hydrogens (tertiary/aromatic N) is 1. The SMILES string of the molecule is CC(C)CC(C(=O)N1CCC(CC(=O)O)CC1)C(C)(C)NC(=O)c1ccc(C(=N)N)cc1. The summed E-state index contributed by atoms with van der Waals surface area (Å²) in [7, 11) is 0. The predicted octanol–water partition coefficient (Wildman–Crippen LogP) is 2.85. The van der Waals surface area contributed by atoms with Gasteiger partial charge in [0, 0.05) is 36.2 Å². The molecular formula is C24H36N4O4. The molecule has 1 atom stereocenters. The van der Waals surface area contributed by atoms with Crippen molar-refractivity contribution >= 4 is 23.6 Å². The zero-order valence-corrected chi connectivity index (χ0v) is 19.5. The maximum atomic E-state index is 13.5. The molecule has 1 fully saturated rings. The number of nitrogens with two attached hydrogens (primary N) is 1. The van der Waals surface area contributed by atoms with Gasteiger partial charge in [-0.25, -0.2) is 0 Å². The molecule has 1 aromatic carbocycles. The number of nitrogens with one attached hydrogen (secondary N) is 2. The van der Waals surface area contributed by atoms with Crippen molar-refractivity contribution in [2.45, 2.75) is 58.9 Å². The fraction of sp³-hybridized carbons (Fsp3) is 0.583. The van der Waals surface area contributed by atoms with Crippen LogP contribution in [0.3, 0.4) is 0 Å². The number of benzene rings is 1. The minimum Gasteiger partial charge on any atom is -0.481 e. The Balaban J connectivity index is 2.12. The molecule has 1 heterocycles. The summed E-state index contributed by atoms with van der Waals surface area (Å²) in [6.07, 6.45) is 2.13. The molecule has 1 aliphatic rings. The van der Waals surface area contributed by atoms with E-state index in [4.69, 9.17) is 16.2 Å². The van der Waals surface area contributed by atoms with E-state index in [0.29, 0.717) is 43.5 Å². The van der Waals surface area contributed by atoms with Crippen molar-refractivity contribution in [2.75, 3.05) is 13.1 Å². The molecule has 1 saturated heterocycles. The second-order valence-corrected chi connectivity index (χ2v) is 9.72. The van der Waals surface area contributed by atoms with E-state index in [-0.39, 0.29) is 35.9 Å². The molecule has 0 aliphatic carbocycles. The number of rotatable bonds is 9. The van der Waals surface area contributed by atoms with E-state index in [0.717, 1.165) is 0 Å². The molecule has 5 N–H and O–H groups in total. The minimum atomic E-state index is -0.798. The third kappa shape index (κ3) is 6.80. The normalized spacial score (nSPS) is 16.0. The first-order valence-corrected chi connectivity index (χ1v) is 11.2. The fourth-order valence-corrected chi connectivity index (χ4v) is 4.25. The summed E-state index contributed by atoms with van der Waals surface area (Å²) in [6.45, 7) is 8.94. The van der Waals surface area contributed by atoms with Crippen molar-refractivity contribution in [3.8, 4) is 0 Å². The highest BCUT2D eigenvalue weighted by Crippen LogP contribution is 2.29. The molecular weight excluding hydrogens is 408 g/mol. The number of amidine groups is 1. The van der Waals surface area contributed by atoms with Crippen LogP contribution in [0.4, 0.5) is 0 Å². The fourth-order valence-electron chi connectivity index (χ4n) is 4.25. The van der Waals surface area contributed by atoms with E-state index in [9.17, 15) is 14.4 Å². The van der Waals surface area contributed by atoms with Gasteiger partial charge in [0.1, 0.15) is 5.84 Å². The van der Waals surface area contributed by atoms with Gasteiger partial charge in [-0.2, -0.15) is 0 Å². The van der Waals surface area contributed by atoms with Crippen LogP contribution in [0.25, 0.3) is 0 Å². The van der Waals surface area contributed by atoms with E-state index < -0.39 is 17.4 Å². The number of carboxylic acid groups (broad SMARTS) is 1. The van der Waals surface area contributed by atoms with Gasteiger partial charge in [-0.3, -0.25) is 19.8 Å². The highest BCUT2D eigenvalue weighted by Gasteiger charge is 2.40. The maximum Gasteiger partial charge on any atom is 0.303 e. The van der Waals surface area contributed by atoms with Gasteiger partial charge in [0.25, 0.3) is 5.91 Å². The van der Waals surface area contributed by atoms with Crippen LogP contribution in [0, 0.1) is 23.2 Å². The van der Waals surface area contributed by atoms with Gasteiger partial charge in [0.05, 0.1) is 5.92 Å². The number of carbonyl (C=O) groups excluding carboxylic acids is 2. The van der Waals surface area contributed by atoms with E-state index >= 15 is 0 Å². The second kappa shape index (κ2) is 10.6. The lowest BCUT2D eigenvalue weighted by Crippen LogP contribution is -2.56. The Labute approximate surface area is 190 Å². The first-order chi connectivity index (χ1) is 14.9. The third-order valence-corrected chi connectivity index (χ3v) is 6.16. The molecule has 0 radical (unpaired) electrons. The molecule has 0 spiro atoms. The topological polar surface area (TPSA) is 137 Å². The average molecular weight is 445 g/mol. The van der Waals surface area contributed by atoms with Crippen LogP contribution in [0.1, 0.15) is 69.3 Å². The monoisotopic (exact) mass is 444 g/mol. The van der Waals surface area contributed by atoms with E-state index in [1.165, 1.54) is 0 Å². The summed E-state index contributed by atoms with van der Waals surface area (Å²) in [5.74, 6) is -1.18. The Kier molecular flexibility index (Phi) is 8.41. The average Bonchev–Trinajstić information content (AvgIpc) is 2.71. The summed E-state index contributed by atoms with van der Waals surface area (Å²) in [5, 5.41) is 19.5. The zero-order valence-electron chi connectivity index (χ0n) is 19.5. The van der Waals surface area contributed by atoms with Crippen molar-refractivity contribution < 1.29 is 19.5 Å². The van der Waals surface area contributed by atoms with Crippen LogP contribution in [0.2, 0.25) is 0 Å². The molecule has 1 unspecified atom stereocenters. The van der Waals surface area contributed by atoms with Crippen LogP contribution in [-0.2, 0) is 9.59 Å². The van der Waals surface area contributed by atoms with Crippen LogP contribution in [-0.4, -0.2) is 52.3 Å². The molecule has 176 valence electrons. The van der Waals surface area contributed by atoms with Gasteiger partial charge in [0.2, 0.25) is 5.91 Å². The Morgan fingerprint density at radius 1 is 1.16 bits per heavy atom. The van der Waals surface area contributed by atoms with Crippen LogP contribution in [0.15, 0.2) is 24.3 Å². The van der Waals surface area contributed by atoms with Crippen LogP contribution < -0.4 is 11.1 Å². The van der Waals surface area contributed by atoms with Crippen molar-refractivity contribution in [3.05, 3.63) is 35.4 Å². The van der Waals surface area contributed by atoms with E-state index in [2.05, 4.69) is 19.2 Å². The Hall–Kier alpha value is -2.90.